The van der Waals surface area contributed by atoms with Gasteiger partial charge in [0.2, 0.25) is 5.91 Å². The molecular formula is C37H32N2O6S. The monoisotopic (exact) mass is 632 g/mol. The summed E-state index contributed by atoms with van der Waals surface area (Å²) in [5.41, 5.74) is 3.72. The van der Waals surface area contributed by atoms with E-state index in [9.17, 15) is 19.2 Å². The Morgan fingerprint density at radius 3 is 1.89 bits per heavy atom. The van der Waals surface area contributed by atoms with Crippen LogP contribution < -0.4 is 5.32 Å². The molecule has 2 aliphatic rings. The zero-order valence-corrected chi connectivity index (χ0v) is 25.9. The highest BCUT2D eigenvalue weighted by atomic mass is 32.2. The highest BCUT2D eigenvalue weighted by Gasteiger charge is 2.55. The van der Waals surface area contributed by atoms with E-state index in [1.165, 1.54) is 16.7 Å². The molecule has 1 fully saturated rings. The van der Waals surface area contributed by atoms with E-state index in [2.05, 4.69) is 5.32 Å². The highest BCUT2D eigenvalue weighted by molar-refractivity contribution is 8.00. The van der Waals surface area contributed by atoms with Crippen molar-refractivity contribution in [3.8, 4) is 0 Å². The van der Waals surface area contributed by atoms with Crippen molar-refractivity contribution >= 4 is 35.5 Å². The second-order valence-corrected chi connectivity index (χ2v) is 12.2. The molecule has 0 radical (unpaired) electrons. The van der Waals surface area contributed by atoms with Crippen LogP contribution in [0.4, 0.5) is 0 Å². The highest BCUT2D eigenvalue weighted by Crippen LogP contribution is 2.41. The summed E-state index contributed by atoms with van der Waals surface area (Å²) in [6.07, 6.45) is -0.677. The van der Waals surface area contributed by atoms with E-state index in [4.69, 9.17) is 9.47 Å². The predicted octanol–water partition coefficient (Wildman–Crippen LogP) is 5.52. The van der Waals surface area contributed by atoms with Crippen LogP contribution in [0, 0.1) is 0 Å². The van der Waals surface area contributed by atoms with Crippen molar-refractivity contribution in [1.29, 1.82) is 0 Å². The second-order valence-electron chi connectivity index (χ2n) is 11.1. The third kappa shape index (κ3) is 6.46. The molecule has 4 aromatic rings. The Morgan fingerprint density at radius 2 is 1.33 bits per heavy atom. The molecule has 3 atom stereocenters. The van der Waals surface area contributed by atoms with Gasteiger partial charge >= 0.3 is 11.9 Å². The van der Waals surface area contributed by atoms with E-state index >= 15 is 0 Å². The maximum atomic E-state index is 13.8. The van der Waals surface area contributed by atoms with Gasteiger partial charge in [0.15, 0.2) is 12.0 Å². The van der Waals surface area contributed by atoms with Crippen LogP contribution in [0.25, 0.3) is 0 Å². The van der Waals surface area contributed by atoms with Gasteiger partial charge in [-0.15, -0.1) is 11.8 Å². The summed E-state index contributed by atoms with van der Waals surface area (Å²) < 4.78 is 11.6. The van der Waals surface area contributed by atoms with Gasteiger partial charge in [-0.25, -0.2) is 4.79 Å². The van der Waals surface area contributed by atoms with Crippen molar-refractivity contribution in [2.45, 2.75) is 37.0 Å². The van der Waals surface area contributed by atoms with Crippen molar-refractivity contribution in [2.75, 3.05) is 5.75 Å². The van der Waals surface area contributed by atoms with Crippen LogP contribution >= 0.6 is 11.8 Å². The number of nitrogens with zero attached hydrogens (tertiary/aromatic N) is 1. The predicted molar refractivity (Wildman–Crippen MR) is 174 cm³/mol. The Hall–Kier alpha value is -5.15. The summed E-state index contributed by atoms with van der Waals surface area (Å²) in [6.45, 7) is 1.81. The van der Waals surface area contributed by atoms with Crippen LogP contribution in [0.2, 0.25) is 0 Å². The Balaban J connectivity index is 1.18. The molecular weight excluding hydrogens is 600 g/mol. The van der Waals surface area contributed by atoms with Gasteiger partial charge in [-0.05, 0) is 34.8 Å². The molecule has 8 nitrogen and oxygen atoms in total. The third-order valence-electron chi connectivity index (χ3n) is 7.93. The Morgan fingerprint density at radius 1 is 0.804 bits per heavy atom. The summed E-state index contributed by atoms with van der Waals surface area (Å²) in [5, 5.41) is 2.25. The first kappa shape index (κ1) is 30.9. The molecule has 0 aromatic heterocycles. The van der Waals surface area contributed by atoms with Crippen molar-refractivity contribution < 1.29 is 28.7 Å². The van der Waals surface area contributed by atoms with Crippen molar-refractivity contribution in [2.24, 2.45) is 0 Å². The number of thioether (sulfide) groups is 1. The fourth-order valence-electron chi connectivity index (χ4n) is 5.60. The van der Waals surface area contributed by atoms with E-state index in [-0.39, 0.29) is 12.3 Å². The van der Waals surface area contributed by atoms with Crippen LogP contribution in [-0.4, -0.2) is 45.8 Å². The summed E-state index contributed by atoms with van der Waals surface area (Å²) in [4.78, 5) is 55.7. The van der Waals surface area contributed by atoms with Crippen molar-refractivity contribution in [3.63, 3.8) is 0 Å². The third-order valence-corrected chi connectivity index (χ3v) is 9.36. The molecule has 1 saturated heterocycles. The minimum Gasteiger partial charge on any atom is -0.460 e. The molecule has 232 valence electrons. The number of carbonyl (C=O) groups is 4. The van der Waals surface area contributed by atoms with Crippen LogP contribution in [-0.2, 0) is 35.3 Å². The lowest BCUT2D eigenvalue weighted by Gasteiger charge is -2.49. The van der Waals surface area contributed by atoms with E-state index in [1.54, 1.807) is 37.3 Å². The number of nitrogens with one attached hydrogen (secondary N) is 1. The minimum atomic E-state index is -1.28. The van der Waals surface area contributed by atoms with Gasteiger partial charge in [-0.1, -0.05) is 121 Å². The van der Waals surface area contributed by atoms with Crippen LogP contribution in [0.3, 0.4) is 0 Å². The van der Waals surface area contributed by atoms with Crippen LogP contribution in [0.5, 0.6) is 0 Å². The molecule has 0 bridgehead atoms. The van der Waals surface area contributed by atoms with E-state index in [0.717, 1.165) is 16.7 Å². The SMILES string of the molecule is CC1=C(C(=O)OC(c2ccccc2)c2ccccc2)N2C(=O)C(NC(=O)C(C(=O)OCc3ccccc3)c3ccccc3)[C@H]2SC1. The first-order valence-electron chi connectivity index (χ1n) is 14.9. The van der Waals surface area contributed by atoms with E-state index in [1.807, 2.05) is 91.0 Å². The molecule has 0 saturated carbocycles. The number of carbonyl (C=O) groups excluding carboxylic acids is 4. The number of β-lactam (4-membered cyclic amide) rings is 1. The Bertz CT molecular complexity index is 1710. The first-order valence-corrected chi connectivity index (χ1v) is 16.0. The largest absolute Gasteiger partial charge is 0.460 e. The Kier molecular flexibility index (Phi) is 9.30. The molecule has 1 N–H and O–H groups in total. The maximum Gasteiger partial charge on any atom is 0.356 e. The smallest absolute Gasteiger partial charge is 0.356 e. The quantitative estimate of drug-likeness (QED) is 0.140. The average molecular weight is 633 g/mol. The lowest BCUT2D eigenvalue weighted by atomic mass is 9.96. The normalized spacial score (nSPS) is 17.9. The zero-order chi connectivity index (χ0) is 32.0. The molecule has 6 rings (SSSR count). The van der Waals surface area contributed by atoms with E-state index < -0.39 is 47.2 Å². The first-order chi connectivity index (χ1) is 22.4. The summed E-state index contributed by atoms with van der Waals surface area (Å²) in [7, 11) is 0. The van der Waals surface area contributed by atoms with Gasteiger partial charge < -0.3 is 14.8 Å². The number of rotatable bonds is 10. The molecule has 4 aromatic carbocycles. The van der Waals surface area contributed by atoms with Gasteiger partial charge in [0.1, 0.15) is 23.7 Å². The number of benzene rings is 4. The Labute approximate surface area is 271 Å². The van der Waals surface area contributed by atoms with Gasteiger partial charge in [-0.3, -0.25) is 19.3 Å². The number of hydrogen-bond acceptors (Lipinski definition) is 7. The lowest BCUT2D eigenvalue weighted by molar-refractivity contribution is -0.156. The minimum absolute atomic E-state index is 0.00734. The van der Waals surface area contributed by atoms with Crippen LogP contribution in [0.1, 0.15) is 41.2 Å². The maximum absolute atomic E-state index is 13.8. The van der Waals surface area contributed by atoms with Gasteiger partial charge in [0.05, 0.1) is 0 Å². The van der Waals surface area contributed by atoms with Gasteiger partial charge in [-0.2, -0.15) is 0 Å². The zero-order valence-electron chi connectivity index (χ0n) is 25.1. The molecule has 2 amide bonds. The summed E-state index contributed by atoms with van der Waals surface area (Å²) in [6, 6.07) is 35.7. The topological polar surface area (TPSA) is 102 Å². The summed E-state index contributed by atoms with van der Waals surface area (Å²) in [5.74, 6) is -3.25. The fourth-order valence-corrected chi connectivity index (χ4v) is 6.89. The second kappa shape index (κ2) is 13.9. The number of fused-ring (bicyclic) bond motifs is 1. The number of ether oxygens (including phenoxy) is 2. The van der Waals surface area contributed by atoms with Crippen molar-refractivity contribution in [3.05, 3.63) is 155 Å². The molecule has 2 unspecified atom stereocenters. The lowest BCUT2D eigenvalue weighted by Crippen LogP contribution is -2.71. The molecule has 0 aliphatic carbocycles. The number of amides is 2. The van der Waals surface area contributed by atoms with Crippen LogP contribution in [0.15, 0.2) is 133 Å². The van der Waals surface area contributed by atoms with Gasteiger partial charge in [0, 0.05) is 5.75 Å². The standard InChI is InChI=1S/C37H32N2O6S/c1-24-23-46-35-30(38-33(40)29(26-16-8-3-9-17-26)36(42)44-22-25-14-6-2-7-15-25)34(41)39(35)31(24)37(43)45-32(27-18-10-4-11-19-27)28-20-12-5-13-21-28/h2-21,29-30,32,35H,22-23H2,1H3,(H,38,40)/t29?,30?,35-/m1/s1. The average Bonchev–Trinajstić information content (AvgIpc) is 3.10. The molecule has 2 heterocycles. The number of hydrogen-bond donors (Lipinski definition) is 1. The van der Waals surface area contributed by atoms with Gasteiger partial charge in [0.25, 0.3) is 5.91 Å². The molecule has 46 heavy (non-hydrogen) atoms. The molecule has 0 spiro atoms. The van der Waals surface area contributed by atoms with Crippen molar-refractivity contribution in [1.82, 2.24) is 10.2 Å². The molecule has 9 heteroatoms. The summed E-state index contributed by atoms with van der Waals surface area (Å²) >= 11 is 1.44. The van der Waals surface area contributed by atoms with E-state index in [0.29, 0.717) is 16.9 Å². The fraction of sp³-hybridized carbons (Fsp3) is 0.189. The number of esters is 2. The molecule has 2 aliphatic heterocycles.